The van der Waals surface area contributed by atoms with Crippen molar-refractivity contribution < 1.29 is 9.59 Å². The number of carbonyl (C=O) groups excluding carboxylic acids is 2. The highest BCUT2D eigenvalue weighted by Gasteiger charge is 2.22. The fourth-order valence-corrected chi connectivity index (χ4v) is 3.61. The third kappa shape index (κ3) is 4.22. The average molecular weight is 358 g/mol. The average Bonchev–Trinajstić information content (AvgIpc) is 3.08. The highest BCUT2D eigenvalue weighted by Crippen LogP contribution is 2.27. The van der Waals surface area contributed by atoms with E-state index >= 15 is 0 Å². The van der Waals surface area contributed by atoms with E-state index in [0.29, 0.717) is 11.7 Å². The maximum Gasteiger partial charge on any atom is 0.227 e. The Balaban J connectivity index is 1.54. The molecule has 1 aliphatic heterocycles. The Kier molecular flexibility index (Phi) is 5.43. The molecular formula is C18H22N4O2S. The zero-order valence-electron chi connectivity index (χ0n) is 14.5. The summed E-state index contributed by atoms with van der Waals surface area (Å²) in [7, 11) is 0. The van der Waals surface area contributed by atoms with E-state index < -0.39 is 0 Å². The van der Waals surface area contributed by atoms with Gasteiger partial charge in [-0.15, -0.1) is 10.2 Å². The molecule has 2 aromatic rings. The molecule has 25 heavy (non-hydrogen) atoms. The molecule has 0 aliphatic carbocycles. The highest BCUT2D eigenvalue weighted by molar-refractivity contribution is 7.15. The lowest BCUT2D eigenvalue weighted by Gasteiger charge is -2.29. The number of anilines is 2. The third-order valence-electron chi connectivity index (χ3n) is 4.16. The zero-order chi connectivity index (χ0) is 17.8. The summed E-state index contributed by atoms with van der Waals surface area (Å²) in [5.41, 5.74) is 2.17. The summed E-state index contributed by atoms with van der Waals surface area (Å²) < 4.78 is 0. The van der Waals surface area contributed by atoms with Crippen LogP contribution in [0.25, 0.3) is 0 Å². The molecule has 0 saturated carbocycles. The number of hydrogen-bond acceptors (Lipinski definition) is 5. The maximum absolute atomic E-state index is 12.5. The Morgan fingerprint density at radius 2 is 2.04 bits per heavy atom. The second kappa shape index (κ2) is 7.74. The number of nitrogens with one attached hydrogen (secondary N) is 1. The van der Waals surface area contributed by atoms with Crippen LogP contribution in [0.3, 0.4) is 0 Å². The first-order valence-electron chi connectivity index (χ1n) is 8.56. The van der Waals surface area contributed by atoms with Gasteiger partial charge in [0.1, 0.15) is 5.01 Å². The van der Waals surface area contributed by atoms with Gasteiger partial charge in [0.2, 0.25) is 16.9 Å². The molecule has 1 aromatic carbocycles. The number of aromatic nitrogens is 2. The van der Waals surface area contributed by atoms with Crippen molar-refractivity contribution in [2.45, 2.75) is 45.4 Å². The van der Waals surface area contributed by atoms with Gasteiger partial charge in [-0.2, -0.15) is 0 Å². The summed E-state index contributed by atoms with van der Waals surface area (Å²) in [6.07, 6.45) is 2.29. The van der Waals surface area contributed by atoms with Gasteiger partial charge in [0, 0.05) is 31.0 Å². The van der Waals surface area contributed by atoms with Crippen LogP contribution in [0.5, 0.6) is 0 Å². The number of nitrogens with zero attached hydrogens (tertiary/aromatic N) is 3. The normalized spacial score (nSPS) is 13.6. The predicted molar refractivity (Wildman–Crippen MR) is 99.0 cm³/mol. The van der Waals surface area contributed by atoms with Crippen molar-refractivity contribution >= 4 is 34.0 Å². The number of amides is 2. The summed E-state index contributed by atoms with van der Waals surface area (Å²) in [6, 6.07) is 7.97. The molecule has 3 rings (SSSR count). The highest BCUT2D eigenvalue weighted by atomic mass is 32.1. The van der Waals surface area contributed by atoms with Crippen LogP contribution < -0.4 is 10.2 Å². The van der Waals surface area contributed by atoms with E-state index in [-0.39, 0.29) is 30.6 Å². The minimum Gasteiger partial charge on any atom is -0.312 e. The third-order valence-corrected chi connectivity index (χ3v) is 5.30. The number of carbonyl (C=O) groups is 2. The van der Waals surface area contributed by atoms with Gasteiger partial charge in [-0.1, -0.05) is 43.4 Å². The molecule has 1 aromatic heterocycles. The van der Waals surface area contributed by atoms with E-state index in [0.717, 1.165) is 23.5 Å². The first kappa shape index (κ1) is 17.5. The molecular weight excluding hydrogens is 336 g/mol. The van der Waals surface area contributed by atoms with Gasteiger partial charge in [0.05, 0.1) is 0 Å². The first-order chi connectivity index (χ1) is 12.0. The molecule has 0 atom stereocenters. The van der Waals surface area contributed by atoms with Gasteiger partial charge >= 0.3 is 0 Å². The van der Waals surface area contributed by atoms with E-state index in [4.69, 9.17) is 0 Å². The summed E-state index contributed by atoms with van der Waals surface area (Å²) in [5, 5.41) is 12.1. The zero-order valence-corrected chi connectivity index (χ0v) is 15.3. The van der Waals surface area contributed by atoms with E-state index in [1.54, 1.807) is 4.90 Å². The monoisotopic (exact) mass is 358 g/mol. The van der Waals surface area contributed by atoms with Crippen LogP contribution in [0.4, 0.5) is 10.8 Å². The molecule has 132 valence electrons. The van der Waals surface area contributed by atoms with Crippen LogP contribution in [0.2, 0.25) is 0 Å². The molecule has 7 heteroatoms. The second-order valence-corrected chi connectivity index (χ2v) is 7.44. The van der Waals surface area contributed by atoms with Crippen molar-refractivity contribution in [1.29, 1.82) is 0 Å². The van der Waals surface area contributed by atoms with Gasteiger partial charge in [0.25, 0.3) is 0 Å². The quantitative estimate of drug-likeness (QED) is 0.889. The van der Waals surface area contributed by atoms with Crippen molar-refractivity contribution in [3.8, 4) is 0 Å². The number of benzene rings is 1. The van der Waals surface area contributed by atoms with E-state index in [9.17, 15) is 9.59 Å². The van der Waals surface area contributed by atoms with Crippen LogP contribution in [0.15, 0.2) is 24.3 Å². The van der Waals surface area contributed by atoms with Gasteiger partial charge in [-0.05, 0) is 24.5 Å². The molecule has 0 spiro atoms. The molecule has 2 amide bonds. The standard InChI is InChI=1S/C18H22N4O2S/c1-12(2)17-20-21-18(25-17)19-15(23)9-10-16(24)22-11-5-7-13-6-3-4-8-14(13)22/h3-4,6,8,12H,5,7,9-11H2,1-2H3,(H,19,21,23). The van der Waals surface area contributed by atoms with E-state index in [1.807, 2.05) is 32.0 Å². The number of aryl methyl sites for hydroxylation is 1. The molecule has 0 saturated heterocycles. The molecule has 0 bridgehead atoms. The molecule has 6 nitrogen and oxygen atoms in total. The van der Waals surface area contributed by atoms with Gasteiger partial charge in [-0.3, -0.25) is 9.59 Å². The fraction of sp³-hybridized carbons (Fsp3) is 0.444. The van der Waals surface area contributed by atoms with Crippen LogP contribution in [-0.4, -0.2) is 28.6 Å². The Bertz CT molecular complexity index is 772. The Labute approximate surface area is 151 Å². The van der Waals surface area contributed by atoms with Gasteiger partial charge < -0.3 is 10.2 Å². The molecule has 0 radical (unpaired) electrons. The van der Waals surface area contributed by atoms with Crippen LogP contribution >= 0.6 is 11.3 Å². The Morgan fingerprint density at radius 1 is 1.24 bits per heavy atom. The maximum atomic E-state index is 12.5. The minimum atomic E-state index is -0.204. The summed E-state index contributed by atoms with van der Waals surface area (Å²) in [4.78, 5) is 26.4. The number of rotatable bonds is 5. The minimum absolute atomic E-state index is 0.0116. The second-order valence-electron chi connectivity index (χ2n) is 6.43. The van der Waals surface area contributed by atoms with Crippen molar-refractivity contribution in [2.75, 3.05) is 16.8 Å². The smallest absolute Gasteiger partial charge is 0.227 e. The summed E-state index contributed by atoms with van der Waals surface area (Å²) in [5.74, 6) is 0.0661. The van der Waals surface area contributed by atoms with Crippen LogP contribution in [0, 0.1) is 0 Å². The molecule has 1 N–H and O–H groups in total. The summed E-state index contributed by atoms with van der Waals surface area (Å²) >= 11 is 1.37. The van der Waals surface area contributed by atoms with E-state index in [2.05, 4.69) is 21.6 Å². The van der Waals surface area contributed by atoms with E-state index in [1.165, 1.54) is 16.9 Å². The van der Waals surface area contributed by atoms with Crippen LogP contribution in [0.1, 0.15) is 49.6 Å². The fourth-order valence-electron chi connectivity index (χ4n) is 2.85. The number of para-hydroxylation sites is 1. The number of fused-ring (bicyclic) bond motifs is 1. The molecule has 2 heterocycles. The van der Waals surface area contributed by atoms with Crippen molar-refractivity contribution in [1.82, 2.24) is 10.2 Å². The lowest BCUT2D eigenvalue weighted by atomic mass is 10.0. The largest absolute Gasteiger partial charge is 0.312 e. The van der Waals surface area contributed by atoms with Crippen molar-refractivity contribution in [3.63, 3.8) is 0 Å². The van der Waals surface area contributed by atoms with Crippen LogP contribution in [-0.2, 0) is 16.0 Å². The summed E-state index contributed by atoms with van der Waals surface area (Å²) in [6.45, 7) is 4.77. The SMILES string of the molecule is CC(C)c1nnc(NC(=O)CCC(=O)N2CCCc3ccccc32)s1. The number of hydrogen-bond donors (Lipinski definition) is 1. The lowest BCUT2D eigenvalue weighted by Crippen LogP contribution is -2.35. The van der Waals surface area contributed by atoms with Crippen molar-refractivity contribution in [3.05, 3.63) is 34.8 Å². The Morgan fingerprint density at radius 3 is 2.80 bits per heavy atom. The first-order valence-corrected chi connectivity index (χ1v) is 9.38. The Hall–Kier alpha value is -2.28. The molecule has 0 fully saturated rings. The van der Waals surface area contributed by atoms with Gasteiger partial charge in [0.15, 0.2) is 0 Å². The van der Waals surface area contributed by atoms with Gasteiger partial charge in [-0.25, -0.2) is 0 Å². The molecule has 0 unspecified atom stereocenters. The lowest BCUT2D eigenvalue weighted by molar-refractivity contribution is -0.122. The topological polar surface area (TPSA) is 75.2 Å². The van der Waals surface area contributed by atoms with Crippen molar-refractivity contribution in [2.24, 2.45) is 0 Å². The molecule has 1 aliphatic rings. The predicted octanol–water partition coefficient (Wildman–Crippen LogP) is 3.36.